The molecule has 0 aliphatic rings. The molecule has 1 N–H and O–H groups in total. The lowest BCUT2D eigenvalue weighted by Gasteiger charge is -2.32. The SMILES string of the molecule is CCC[C@@H](c1nnnn1C(C)(C)C)N(Cc1ccco1)Cc1cc2cc(OCC)ccc2[nH]c1=O. The molecule has 4 aromatic rings. The highest BCUT2D eigenvalue weighted by molar-refractivity contribution is 5.80. The van der Waals surface area contributed by atoms with Gasteiger partial charge in [0.05, 0.1) is 31.0 Å². The second-order valence-electron chi connectivity index (χ2n) is 9.71. The first-order valence-corrected chi connectivity index (χ1v) is 12.1. The minimum atomic E-state index is -0.280. The number of aromatic amines is 1. The molecule has 0 unspecified atom stereocenters. The molecular weight excluding hydrogens is 444 g/mol. The fraction of sp³-hybridized carbons (Fsp3) is 0.462. The lowest BCUT2D eigenvalue weighted by atomic mass is 10.0. The summed E-state index contributed by atoms with van der Waals surface area (Å²) in [6, 6.07) is 11.4. The second-order valence-corrected chi connectivity index (χ2v) is 9.71. The zero-order valence-electron chi connectivity index (χ0n) is 21.1. The van der Waals surface area contributed by atoms with Crippen molar-refractivity contribution in [2.24, 2.45) is 0 Å². The first-order valence-electron chi connectivity index (χ1n) is 12.1. The van der Waals surface area contributed by atoms with Crippen LogP contribution < -0.4 is 10.3 Å². The monoisotopic (exact) mass is 478 g/mol. The van der Waals surface area contributed by atoms with E-state index in [1.807, 2.05) is 48.0 Å². The third-order valence-corrected chi connectivity index (χ3v) is 5.95. The normalized spacial score (nSPS) is 13.0. The molecule has 1 atom stereocenters. The maximum Gasteiger partial charge on any atom is 0.252 e. The molecular formula is C26H34N6O3. The van der Waals surface area contributed by atoms with E-state index in [0.29, 0.717) is 25.3 Å². The third kappa shape index (κ3) is 5.62. The minimum Gasteiger partial charge on any atom is -0.494 e. The molecule has 0 aliphatic heterocycles. The minimum absolute atomic E-state index is 0.107. The summed E-state index contributed by atoms with van der Waals surface area (Å²) in [7, 11) is 0. The van der Waals surface area contributed by atoms with Crippen molar-refractivity contribution in [1.29, 1.82) is 0 Å². The highest BCUT2D eigenvalue weighted by atomic mass is 16.5. The third-order valence-electron chi connectivity index (χ3n) is 5.95. The topological polar surface area (TPSA) is 102 Å². The Morgan fingerprint density at radius 3 is 2.69 bits per heavy atom. The van der Waals surface area contributed by atoms with Gasteiger partial charge >= 0.3 is 0 Å². The standard InChI is InChI=1S/C26H34N6O3/c1-6-9-23(24-28-29-30-32(24)26(3,4)5)31(17-21-10-8-13-35-21)16-19-14-18-15-20(34-7-2)11-12-22(18)27-25(19)33/h8,10-15,23H,6-7,9,16-17H2,1-5H3,(H,27,33)/t23-/m0/s1. The first kappa shape index (κ1) is 24.7. The molecule has 4 rings (SSSR count). The number of benzene rings is 1. The number of tetrazole rings is 1. The van der Waals surface area contributed by atoms with Crippen molar-refractivity contribution < 1.29 is 9.15 Å². The molecule has 9 nitrogen and oxygen atoms in total. The van der Waals surface area contributed by atoms with Crippen LogP contribution in [0.2, 0.25) is 0 Å². The van der Waals surface area contributed by atoms with Crippen molar-refractivity contribution in [2.45, 2.75) is 72.1 Å². The molecule has 0 aliphatic carbocycles. The van der Waals surface area contributed by atoms with E-state index in [4.69, 9.17) is 9.15 Å². The maximum atomic E-state index is 13.1. The first-order chi connectivity index (χ1) is 16.8. The molecule has 0 amide bonds. The predicted octanol–water partition coefficient (Wildman–Crippen LogP) is 4.80. The summed E-state index contributed by atoms with van der Waals surface area (Å²) in [6.07, 6.45) is 3.43. The number of nitrogens with one attached hydrogen (secondary N) is 1. The lowest BCUT2D eigenvalue weighted by Crippen LogP contribution is -2.35. The van der Waals surface area contributed by atoms with Gasteiger partial charge in [0.2, 0.25) is 0 Å². The van der Waals surface area contributed by atoms with E-state index in [1.54, 1.807) is 6.26 Å². The molecule has 0 fully saturated rings. The van der Waals surface area contributed by atoms with Crippen LogP contribution in [-0.4, -0.2) is 36.7 Å². The fourth-order valence-electron chi connectivity index (χ4n) is 4.33. The molecule has 3 aromatic heterocycles. The number of nitrogens with zero attached hydrogens (tertiary/aromatic N) is 5. The Morgan fingerprint density at radius 2 is 2.00 bits per heavy atom. The van der Waals surface area contributed by atoms with Gasteiger partial charge in [-0.05, 0) is 80.9 Å². The van der Waals surface area contributed by atoms with E-state index < -0.39 is 0 Å². The molecule has 186 valence electrons. The van der Waals surface area contributed by atoms with Gasteiger partial charge in [-0.2, -0.15) is 0 Å². The number of hydrogen-bond donors (Lipinski definition) is 1. The van der Waals surface area contributed by atoms with Gasteiger partial charge < -0.3 is 14.1 Å². The number of furan rings is 1. The van der Waals surface area contributed by atoms with Gasteiger partial charge in [0.1, 0.15) is 11.5 Å². The summed E-state index contributed by atoms with van der Waals surface area (Å²) < 4.78 is 13.2. The molecule has 3 heterocycles. The van der Waals surface area contributed by atoms with Gasteiger partial charge in [-0.1, -0.05) is 13.3 Å². The number of fused-ring (bicyclic) bond motifs is 1. The van der Waals surface area contributed by atoms with Crippen molar-refractivity contribution in [3.05, 3.63) is 70.2 Å². The molecule has 9 heteroatoms. The molecule has 0 radical (unpaired) electrons. The summed E-state index contributed by atoms with van der Waals surface area (Å²) in [6.45, 7) is 11.8. The highest BCUT2D eigenvalue weighted by Gasteiger charge is 2.30. The number of ether oxygens (including phenoxy) is 1. The summed E-state index contributed by atoms with van der Waals surface area (Å²) in [4.78, 5) is 18.3. The highest BCUT2D eigenvalue weighted by Crippen LogP contribution is 2.30. The quantitative estimate of drug-likeness (QED) is 0.349. The van der Waals surface area contributed by atoms with Crippen LogP contribution in [0.25, 0.3) is 10.9 Å². The average molecular weight is 479 g/mol. The van der Waals surface area contributed by atoms with Crippen LogP contribution in [0, 0.1) is 0 Å². The zero-order chi connectivity index (χ0) is 25.0. The fourth-order valence-corrected chi connectivity index (χ4v) is 4.33. The van der Waals surface area contributed by atoms with Crippen LogP contribution in [0.3, 0.4) is 0 Å². The molecule has 35 heavy (non-hydrogen) atoms. The van der Waals surface area contributed by atoms with E-state index in [-0.39, 0.29) is 17.1 Å². The number of hydrogen-bond acceptors (Lipinski definition) is 7. The Labute approximate surface area is 205 Å². The summed E-state index contributed by atoms with van der Waals surface area (Å²) in [5.74, 6) is 2.37. The Morgan fingerprint density at radius 1 is 1.17 bits per heavy atom. The van der Waals surface area contributed by atoms with Crippen molar-refractivity contribution in [1.82, 2.24) is 30.1 Å². The van der Waals surface area contributed by atoms with E-state index >= 15 is 0 Å². The van der Waals surface area contributed by atoms with E-state index in [9.17, 15) is 4.79 Å². The Kier molecular flexibility index (Phi) is 7.35. The lowest BCUT2D eigenvalue weighted by molar-refractivity contribution is 0.138. The smallest absolute Gasteiger partial charge is 0.252 e. The van der Waals surface area contributed by atoms with Crippen LogP contribution >= 0.6 is 0 Å². The van der Waals surface area contributed by atoms with E-state index in [0.717, 1.165) is 41.1 Å². The van der Waals surface area contributed by atoms with Gasteiger partial charge in [-0.3, -0.25) is 9.69 Å². The zero-order valence-corrected chi connectivity index (χ0v) is 21.1. The largest absolute Gasteiger partial charge is 0.494 e. The van der Waals surface area contributed by atoms with Gasteiger partial charge in [-0.25, -0.2) is 4.68 Å². The Bertz CT molecular complexity index is 1300. The van der Waals surface area contributed by atoms with Crippen molar-refractivity contribution in [2.75, 3.05) is 6.61 Å². The van der Waals surface area contributed by atoms with Gasteiger partial charge in [0.25, 0.3) is 5.56 Å². The van der Waals surface area contributed by atoms with Crippen LogP contribution in [0.15, 0.2) is 51.9 Å². The Balaban J connectivity index is 1.76. The molecule has 0 saturated carbocycles. The number of aromatic nitrogens is 5. The van der Waals surface area contributed by atoms with Gasteiger partial charge in [0, 0.05) is 23.0 Å². The molecule has 1 aromatic carbocycles. The van der Waals surface area contributed by atoms with E-state index in [2.05, 4.69) is 53.1 Å². The summed E-state index contributed by atoms with van der Waals surface area (Å²) in [5, 5.41) is 13.6. The predicted molar refractivity (Wildman–Crippen MR) is 134 cm³/mol. The molecule has 0 spiro atoms. The van der Waals surface area contributed by atoms with Gasteiger partial charge in [-0.15, -0.1) is 5.10 Å². The van der Waals surface area contributed by atoms with Crippen LogP contribution in [0.1, 0.15) is 70.7 Å². The Hall–Kier alpha value is -3.46. The second kappa shape index (κ2) is 10.4. The number of pyridine rings is 1. The van der Waals surface area contributed by atoms with Crippen LogP contribution in [-0.2, 0) is 18.6 Å². The maximum absolute atomic E-state index is 13.1. The molecule has 0 saturated heterocycles. The van der Waals surface area contributed by atoms with Crippen molar-refractivity contribution in [3.63, 3.8) is 0 Å². The van der Waals surface area contributed by atoms with Crippen LogP contribution in [0.4, 0.5) is 0 Å². The number of H-pyrrole nitrogens is 1. The van der Waals surface area contributed by atoms with Crippen molar-refractivity contribution >= 4 is 10.9 Å². The van der Waals surface area contributed by atoms with Crippen LogP contribution in [0.5, 0.6) is 5.75 Å². The number of rotatable bonds is 10. The van der Waals surface area contributed by atoms with Crippen molar-refractivity contribution in [3.8, 4) is 5.75 Å². The summed E-state index contributed by atoms with van der Waals surface area (Å²) >= 11 is 0. The van der Waals surface area contributed by atoms with Gasteiger partial charge in [0.15, 0.2) is 5.82 Å². The van der Waals surface area contributed by atoms with E-state index in [1.165, 1.54) is 0 Å². The average Bonchev–Trinajstić information content (AvgIpc) is 3.50. The molecule has 0 bridgehead atoms. The summed E-state index contributed by atoms with van der Waals surface area (Å²) in [5.41, 5.74) is 1.05.